The van der Waals surface area contributed by atoms with Crippen molar-refractivity contribution >= 4 is 23.3 Å². The molecule has 2 aromatic carbocycles. The normalized spacial score (nSPS) is 16.7. The van der Waals surface area contributed by atoms with Crippen LogP contribution in [0.5, 0.6) is 0 Å². The number of halogens is 3. The lowest BCUT2D eigenvalue weighted by molar-refractivity contribution is -0.137. The van der Waals surface area contributed by atoms with Crippen molar-refractivity contribution in [3.05, 3.63) is 59.7 Å². The van der Waals surface area contributed by atoms with Gasteiger partial charge in [0.25, 0.3) is 5.91 Å². The predicted octanol–water partition coefficient (Wildman–Crippen LogP) is 5.24. The highest BCUT2D eigenvalue weighted by Crippen LogP contribution is 2.30. The van der Waals surface area contributed by atoms with E-state index < -0.39 is 17.6 Å². The van der Waals surface area contributed by atoms with Crippen LogP contribution in [-0.2, 0) is 10.9 Å². The van der Waals surface area contributed by atoms with E-state index in [-0.39, 0.29) is 23.3 Å². The quantitative estimate of drug-likeness (QED) is 0.656. The zero-order valence-corrected chi connectivity index (χ0v) is 17.9. The molecule has 0 radical (unpaired) electrons. The van der Waals surface area contributed by atoms with Crippen LogP contribution in [0, 0.1) is 5.92 Å². The van der Waals surface area contributed by atoms with Gasteiger partial charge in [-0.15, -0.1) is 0 Å². The van der Waals surface area contributed by atoms with Crippen molar-refractivity contribution < 1.29 is 27.5 Å². The number of carbonyl (C=O) groups excluding carboxylic acids is 2. The highest BCUT2D eigenvalue weighted by atomic mass is 19.4. The number of hydrogen-bond acceptors (Lipinski definition) is 3. The first-order valence-electron chi connectivity index (χ1n) is 10.4. The molecule has 1 unspecified atom stereocenters. The Morgan fingerprint density at radius 1 is 1.09 bits per heavy atom. The van der Waals surface area contributed by atoms with Crippen molar-refractivity contribution in [2.24, 2.45) is 5.92 Å². The molecule has 0 aliphatic carbocycles. The number of rotatable bonds is 5. The molecule has 172 valence electrons. The minimum Gasteiger partial charge on any atom is -0.377 e. The number of carbonyl (C=O) groups is 2. The first kappa shape index (κ1) is 23.6. The molecule has 0 aromatic heterocycles. The van der Waals surface area contributed by atoms with E-state index in [1.807, 2.05) is 0 Å². The van der Waals surface area contributed by atoms with E-state index in [1.165, 1.54) is 24.3 Å². The molecule has 1 fully saturated rings. The summed E-state index contributed by atoms with van der Waals surface area (Å²) in [5.74, 6) is -0.177. The van der Waals surface area contributed by atoms with Gasteiger partial charge in [0, 0.05) is 23.5 Å². The fourth-order valence-electron chi connectivity index (χ4n) is 3.57. The number of alkyl halides is 3. The molecule has 1 aliphatic heterocycles. The Kier molecular flexibility index (Phi) is 7.40. The molecular formula is C23H26F3N3O3. The summed E-state index contributed by atoms with van der Waals surface area (Å²) in [6.45, 7) is 5.57. The number of benzene rings is 2. The van der Waals surface area contributed by atoms with Crippen molar-refractivity contribution in [1.82, 2.24) is 4.90 Å². The van der Waals surface area contributed by atoms with Gasteiger partial charge in [0.05, 0.1) is 24.8 Å². The number of nitrogens with one attached hydrogen (secondary N) is 2. The Morgan fingerprint density at radius 3 is 2.47 bits per heavy atom. The lowest BCUT2D eigenvalue weighted by Crippen LogP contribution is -2.50. The Balaban J connectivity index is 1.68. The van der Waals surface area contributed by atoms with Crippen molar-refractivity contribution in [2.75, 3.05) is 30.4 Å². The first-order valence-corrected chi connectivity index (χ1v) is 10.4. The summed E-state index contributed by atoms with van der Waals surface area (Å²) in [4.78, 5) is 27.1. The summed E-state index contributed by atoms with van der Waals surface area (Å²) < 4.78 is 44.2. The van der Waals surface area contributed by atoms with Crippen molar-refractivity contribution in [1.29, 1.82) is 0 Å². The fraction of sp³-hybridized carbons (Fsp3) is 0.391. The standard InChI is InChI=1S/C23H26F3N3O3/c1-15(2)11-20-14-32-10-9-29(20)22(31)28-18-7-3-5-16(12-18)21(30)27-19-8-4-6-17(13-19)23(24,25)26/h3-8,12-13,15,20H,9-11,14H2,1-2H3,(H,27,30)(H,28,31). The number of hydrogen-bond donors (Lipinski definition) is 2. The summed E-state index contributed by atoms with van der Waals surface area (Å²) in [6, 6.07) is 10.4. The molecule has 1 aliphatic rings. The van der Waals surface area contributed by atoms with Gasteiger partial charge in [-0.2, -0.15) is 13.2 Å². The zero-order chi connectivity index (χ0) is 23.3. The monoisotopic (exact) mass is 449 g/mol. The molecule has 1 heterocycles. The molecule has 0 saturated carbocycles. The molecule has 0 spiro atoms. The molecule has 1 saturated heterocycles. The fourth-order valence-corrected chi connectivity index (χ4v) is 3.57. The molecule has 3 rings (SSSR count). The van der Waals surface area contributed by atoms with Crippen LogP contribution in [0.1, 0.15) is 36.2 Å². The molecule has 32 heavy (non-hydrogen) atoms. The number of urea groups is 1. The van der Waals surface area contributed by atoms with Crippen LogP contribution in [0.4, 0.5) is 29.3 Å². The van der Waals surface area contributed by atoms with Gasteiger partial charge in [-0.1, -0.05) is 26.0 Å². The van der Waals surface area contributed by atoms with E-state index >= 15 is 0 Å². The van der Waals surface area contributed by atoms with Crippen LogP contribution in [0.25, 0.3) is 0 Å². The molecule has 9 heteroatoms. The Morgan fingerprint density at radius 2 is 1.78 bits per heavy atom. The Hall–Kier alpha value is -3.07. The number of morpholine rings is 1. The van der Waals surface area contributed by atoms with Crippen LogP contribution in [0.2, 0.25) is 0 Å². The summed E-state index contributed by atoms with van der Waals surface area (Å²) in [5, 5.41) is 5.27. The van der Waals surface area contributed by atoms with E-state index in [4.69, 9.17) is 4.74 Å². The van der Waals surface area contributed by atoms with E-state index in [9.17, 15) is 22.8 Å². The highest BCUT2D eigenvalue weighted by molar-refractivity contribution is 6.05. The van der Waals surface area contributed by atoms with Crippen LogP contribution < -0.4 is 10.6 Å². The van der Waals surface area contributed by atoms with Gasteiger partial charge in [0.2, 0.25) is 0 Å². The summed E-state index contributed by atoms with van der Waals surface area (Å²) in [5.41, 5.74) is -0.190. The number of ether oxygens (including phenoxy) is 1. The third kappa shape index (κ3) is 6.23. The van der Waals surface area contributed by atoms with Gasteiger partial charge >= 0.3 is 12.2 Å². The van der Waals surface area contributed by atoms with E-state index in [1.54, 1.807) is 17.0 Å². The topological polar surface area (TPSA) is 70.7 Å². The lowest BCUT2D eigenvalue weighted by atomic mass is 10.0. The summed E-state index contributed by atoms with van der Waals surface area (Å²) in [7, 11) is 0. The molecular weight excluding hydrogens is 423 g/mol. The largest absolute Gasteiger partial charge is 0.416 e. The second-order valence-electron chi connectivity index (χ2n) is 8.10. The highest BCUT2D eigenvalue weighted by Gasteiger charge is 2.30. The Labute approximate surface area is 184 Å². The van der Waals surface area contributed by atoms with Crippen molar-refractivity contribution in [2.45, 2.75) is 32.5 Å². The second kappa shape index (κ2) is 10.0. The van der Waals surface area contributed by atoms with Gasteiger partial charge < -0.3 is 20.3 Å². The first-order chi connectivity index (χ1) is 15.1. The maximum Gasteiger partial charge on any atom is 0.416 e. The summed E-state index contributed by atoms with van der Waals surface area (Å²) in [6.07, 6.45) is -3.69. The third-order valence-electron chi connectivity index (χ3n) is 5.06. The minimum atomic E-state index is -4.50. The average molecular weight is 449 g/mol. The van der Waals surface area contributed by atoms with Crippen LogP contribution >= 0.6 is 0 Å². The van der Waals surface area contributed by atoms with Crippen LogP contribution in [-0.4, -0.2) is 42.6 Å². The molecule has 2 N–H and O–H groups in total. The maximum atomic E-state index is 12.9. The number of nitrogens with zero attached hydrogens (tertiary/aromatic N) is 1. The van der Waals surface area contributed by atoms with Gasteiger partial charge in [0.15, 0.2) is 0 Å². The number of amides is 3. The molecule has 3 amide bonds. The molecule has 0 bridgehead atoms. The molecule has 2 aromatic rings. The van der Waals surface area contributed by atoms with Crippen LogP contribution in [0.3, 0.4) is 0 Å². The predicted molar refractivity (Wildman–Crippen MR) is 116 cm³/mol. The van der Waals surface area contributed by atoms with E-state index in [0.717, 1.165) is 18.6 Å². The lowest BCUT2D eigenvalue weighted by Gasteiger charge is -2.36. The second-order valence-corrected chi connectivity index (χ2v) is 8.10. The van der Waals surface area contributed by atoms with Crippen LogP contribution in [0.15, 0.2) is 48.5 Å². The zero-order valence-electron chi connectivity index (χ0n) is 17.9. The maximum absolute atomic E-state index is 12.9. The summed E-state index contributed by atoms with van der Waals surface area (Å²) >= 11 is 0. The number of anilines is 2. The molecule has 1 atom stereocenters. The van der Waals surface area contributed by atoms with E-state index in [2.05, 4.69) is 24.5 Å². The SMILES string of the molecule is CC(C)CC1COCCN1C(=O)Nc1cccc(C(=O)Nc2cccc(C(F)(F)F)c2)c1. The Bertz CT molecular complexity index is 963. The average Bonchev–Trinajstić information content (AvgIpc) is 2.73. The third-order valence-corrected chi connectivity index (χ3v) is 5.06. The van der Waals surface area contributed by atoms with Gasteiger partial charge in [-0.05, 0) is 48.7 Å². The minimum absolute atomic E-state index is 0.0314. The van der Waals surface area contributed by atoms with Gasteiger partial charge in [0.1, 0.15) is 0 Å². The molecule has 6 nitrogen and oxygen atoms in total. The van der Waals surface area contributed by atoms with Crippen molar-refractivity contribution in [3.8, 4) is 0 Å². The van der Waals surface area contributed by atoms with Crippen molar-refractivity contribution in [3.63, 3.8) is 0 Å². The smallest absolute Gasteiger partial charge is 0.377 e. The van der Waals surface area contributed by atoms with E-state index in [0.29, 0.717) is 31.4 Å². The van der Waals surface area contributed by atoms with Gasteiger partial charge in [-0.25, -0.2) is 4.79 Å². The van der Waals surface area contributed by atoms with Gasteiger partial charge in [-0.3, -0.25) is 4.79 Å².